The van der Waals surface area contributed by atoms with Crippen molar-refractivity contribution in [3.8, 4) is 5.75 Å². The lowest BCUT2D eigenvalue weighted by Gasteiger charge is -2.20. The van der Waals surface area contributed by atoms with Gasteiger partial charge in [0, 0.05) is 22.7 Å². The molecule has 0 unspecified atom stereocenters. The van der Waals surface area contributed by atoms with Gasteiger partial charge in [-0.05, 0) is 55.3 Å². The number of hydrogen-bond donors (Lipinski definition) is 1. The molecule has 0 radical (unpaired) electrons. The van der Waals surface area contributed by atoms with Crippen molar-refractivity contribution < 1.29 is 9.53 Å². The molecule has 2 aliphatic heterocycles. The van der Waals surface area contributed by atoms with E-state index in [4.69, 9.17) is 10.1 Å². The number of aliphatic imine (C=N–C) groups is 1. The van der Waals surface area contributed by atoms with Crippen LogP contribution in [0.4, 0.5) is 0 Å². The maximum Gasteiger partial charge on any atom is 0.283 e. The lowest BCUT2D eigenvalue weighted by molar-refractivity contribution is -0.114. The molecule has 0 saturated carbocycles. The fourth-order valence-electron chi connectivity index (χ4n) is 4.72. The monoisotopic (exact) mass is 527 g/mol. The molecule has 0 aliphatic carbocycles. The molecule has 5 rings (SSSR count). The smallest absolute Gasteiger partial charge is 0.283 e. The number of ether oxygens (including phenoxy) is 1. The number of carbonyl (C=O) groups is 1. The summed E-state index contributed by atoms with van der Waals surface area (Å²) in [7, 11) is 0. The number of amidine groups is 2. The van der Waals surface area contributed by atoms with E-state index in [1.807, 2.05) is 55.6 Å². The largest absolute Gasteiger partial charge is 0.491 e. The molecule has 2 aliphatic rings. The molecule has 196 valence electrons. The topological polar surface area (TPSA) is 83.0 Å². The van der Waals surface area contributed by atoms with E-state index in [9.17, 15) is 4.79 Å². The van der Waals surface area contributed by atoms with Crippen LogP contribution < -0.4 is 4.74 Å². The highest BCUT2D eigenvalue weighted by Gasteiger charge is 2.35. The van der Waals surface area contributed by atoms with E-state index >= 15 is 0 Å². The second-order valence-corrected chi connectivity index (χ2v) is 10.6. The maximum atomic E-state index is 13.0. The van der Waals surface area contributed by atoms with E-state index in [2.05, 4.69) is 27.7 Å². The van der Waals surface area contributed by atoms with Gasteiger partial charge in [-0.25, -0.2) is 0 Å². The molecular weight excluding hydrogens is 494 g/mol. The number of carbonyl (C=O) groups excluding carboxylic acids is 1. The second-order valence-electron chi connectivity index (χ2n) is 9.59. The third kappa shape index (κ3) is 5.60. The Labute approximate surface area is 227 Å². The lowest BCUT2D eigenvalue weighted by atomic mass is 10.1. The number of rotatable bonds is 11. The Morgan fingerprint density at radius 1 is 1.05 bits per heavy atom. The Kier molecular flexibility index (Phi) is 8.08. The number of nitrogens with one attached hydrogen (secondary N) is 1. The van der Waals surface area contributed by atoms with Crippen LogP contribution in [0.5, 0.6) is 5.75 Å². The summed E-state index contributed by atoms with van der Waals surface area (Å²) in [5, 5.41) is 17.3. The number of hydrazone groups is 1. The molecule has 0 atom stereocenters. The normalized spacial score (nSPS) is 16.3. The zero-order chi connectivity index (χ0) is 26.5. The van der Waals surface area contributed by atoms with Gasteiger partial charge >= 0.3 is 0 Å². The first kappa shape index (κ1) is 26.0. The molecule has 1 aromatic heterocycles. The number of nitrogens with zero attached hydrogens (tertiary/aromatic N) is 4. The highest BCUT2D eigenvalue weighted by molar-refractivity contribution is 8.26. The minimum absolute atomic E-state index is 0.0770. The van der Waals surface area contributed by atoms with Gasteiger partial charge in [-0.1, -0.05) is 69.0 Å². The van der Waals surface area contributed by atoms with E-state index in [0.717, 1.165) is 45.7 Å². The number of aromatic nitrogens is 1. The average Bonchev–Trinajstić information content (AvgIpc) is 3.49. The molecular formula is C30H33N5O2S. The summed E-state index contributed by atoms with van der Waals surface area (Å²) >= 11 is 1.41. The number of amides is 1. The van der Waals surface area contributed by atoms with Crippen LogP contribution in [0.1, 0.15) is 56.6 Å². The van der Waals surface area contributed by atoms with Crippen LogP contribution in [-0.2, 0) is 11.3 Å². The van der Waals surface area contributed by atoms with Crippen LogP contribution in [-0.4, -0.2) is 38.1 Å². The summed E-state index contributed by atoms with van der Waals surface area (Å²) < 4.78 is 8.15. The summed E-state index contributed by atoms with van der Waals surface area (Å²) in [6, 6.07) is 16.1. The van der Waals surface area contributed by atoms with Gasteiger partial charge in [-0.3, -0.25) is 10.2 Å². The predicted octanol–water partition coefficient (Wildman–Crippen LogP) is 7.01. The zero-order valence-corrected chi connectivity index (χ0v) is 22.8. The van der Waals surface area contributed by atoms with Crippen LogP contribution in [0.3, 0.4) is 0 Å². The number of benzene rings is 2. The van der Waals surface area contributed by atoms with Gasteiger partial charge in [-0.2, -0.15) is 15.1 Å². The van der Waals surface area contributed by atoms with Crippen molar-refractivity contribution in [3.05, 3.63) is 71.4 Å². The van der Waals surface area contributed by atoms with Crippen molar-refractivity contribution in [1.82, 2.24) is 9.58 Å². The van der Waals surface area contributed by atoms with Crippen molar-refractivity contribution in [3.63, 3.8) is 0 Å². The van der Waals surface area contributed by atoms with E-state index < -0.39 is 5.91 Å². The van der Waals surface area contributed by atoms with Gasteiger partial charge in [0.1, 0.15) is 17.4 Å². The number of thioether (sulfide) groups is 1. The molecule has 7 nitrogen and oxygen atoms in total. The second kappa shape index (κ2) is 11.8. The Balaban J connectivity index is 1.33. The standard InChI is InChI=1S/C30H33N5O2S/c1-3-4-5-6-7-16-27-33-35-28(31)24(29(36)32-30(35)38-27)19-22-20-34(25-14-10-9-13-23(22)25)17-18-37-26-15-11-8-12-21(26)2/h8-15,19-20,31H,3-7,16-18H2,1-2H3. The van der Waals surface area contributed by atoms with Gasteiger partial charge in [0.25, 0.3) is 5.91 Å². The minimum Gasteiger partial charge on any atom is -0.491 e. The van der Waals surface area contributed by atoms with Crippen molar-refractivity contribution in [2.45, 2.75) is 58.9 Å². The SMILES string of the molecule is CCCCCCCC1=NN2C(=N)C(=Cc3cn(CCOc4ccccc4C)c4ccccc34)C(=O)N=C2S1. The molecule has 1 N–H and O–H groups in total. The number of unbranched alkanes of at least 4 members (excludes halogenated alkanes) is 4. The molecule has 2 aromatic carbocycles. The van der Waals surface area contributed by atoms with Crippen molar-refractivity contribution in [1.29, 1.82) is 5.41 Å². The van der Waals surface area contributed by atoms with E-state index in [1.54, 1.807) is 6.08 Å². The quantitative estimate of drug-likeness (QED) is 0.215. The third-order valence-electron chi connectivity index (χ3n) is 6.79. The molecule has 0 bridgehead atoms. The van der Waals surface area contributed by atoms with Crippen LogP contribution >= 0.6 is 11.8 Å². The number of hydrogen-bond acceptors (Lipinski definition) is 5. The predicted molar refractivity (Wildman–Crippen MR) is 157 cm³/mol. The van der Waals surface area contributed by atoms with Crippen LogP contribution in [0.2, 0.25) is 0 Å². The molecule has 3 heterocycles. The Bertz CT molecular complexity index is 1450. The minimum atomic E-state index is -0.395. The first-order valence-electron chi connectivity index (χ1n) is 13.3. The summed E-state index contributed by atoms with van der Waals surface area (Å²) in [6.45, 7) is 5.41. The molecule has 8 heteroatoms. The number of fused-ring (bicyclic) bond motifs is 2. The molecule has 3 aromatic rings. The summed E-state index contributed by atoms with van der Waals surface area (Å²) in [5.41, 5.74) is 3.27. The highest BCUT2D eigenvalue weighted by Crippen LogP contribution is 2.31. The molecule has 1 amide bonds. The Hall–Kier alpha value is -3.65. The first-order valence-corrected chi connectivity index (χ1v) is 14.1. The molecule has 38 heavy (non-hydrogen) atoms. The van der Waals surface area contributed by atoms with Crippen LogP contribution in [0, 0.1) is 12.3 Å². The van der Waals surface area contributed by atoms with Gasteiger partial charge in [0.05, 0.1) is 12.1 Å². The van der Waals surface area contributed by atoms with Crippen LogP contribution in [0.15, 0.2) is 70.4 Å². The van der Waals surface area contributed by atoms with Crippen LogP contribution in [0.25, 0.3) is 17.0 Å². The molecule has 0 fully saturated rings. The van der Waals surface area contributed by atoms with E-state index in [-0.39, 0.29) is 11.4 Å². The number of para-hydroxylation sites is 2. The summed E-state index contributed by atoms with van der Waals surface area (Å²) in [6.07, 6.45) is 10.6. The van der Waals surface area contributed by atoms with E-state index in [1.165, 1.54) is 42.5 Å². The average molecular weight is 528 g/mol. The summed E-state index contributed by atoms with van der Waals surface area (Å²) in [5.74, 6) is 0.562. The van der Waals surface area contributed by atoms with Crippen molar-refractivity contribution in [2.75, 3.05) is 6.61 Å². The Morgan fingerprint density at radius 2 is 1.84 bits per heavy atom. The fraction of sp³-hybridized carbons (Fsp3) is 0.333. The van der Waals surface area contributed by atoms with E-state index in [0.29, 0.717) is 18.3 Å². The third-order valence-corrected chi connectivity index (χ3v) is 7.76. The van der Waals surface area contributed by atoms with Crippen molar-refractivity contribution in [2.24, 2.45) is 10.1 Å². The maximum absolute atomic E-state index is 13.0. The zero-order valence-electron chi connectivity index (χ0n) is 21.9. The lowest BCUT2D eigenvalue weighted by Crippen LogP contribution is -2.35. The Morgan fingerprint density at radius 3 is 2.68 bits per heavy atom. The first-order chi connectivity index (χ1) is 18.5. The van der Waals surface area contributed by atoms with Gasteiger partial charge in [-0.15, -0.1) is 0 Å². The highest BCUT2D eigenvalue weighted by atomic mass is 32.2. The summed E-state index contributed by atoms with van der Waals surface area (Å²) in [4.78, 5) is 17.3. The fourth-order valence-corrected chi connectivity index (χ4v) is 5.64. The van der Waals surface area contributed by atoms with Gasteiger partial charge < -0.3 is 9.30 Å². The van der Waals surface area contributed by atoms with Gasteiger partial charge in [0.2, 0.25) is 5.17 Å². The van der Waals surface area contributed by atoms with Crippen molar-refractivity contribution >= 4 is 50.7 Å². The molecule has 0 spiro atoms. The number of aryl methyl sites for hydroxylation is 1. The van der Waals surface area contributed by atoms with Gasteiger partial charge in [0.15, 0.2) is 5.84 Å². The molecule has 0 saturated heterocycles.